The molecule has 28 heavy (non-hydrogen) atoms. The Bertz CT molecular complexity index is 1060. The molecule has 1 atom stereocenters. The van der Waals surface area contributed by atoms with Crippen LogP contribution in [0.1, 0.15) is 25.2 Å². The summed E-state index contributed by atoms with van der Waals surface area (Å²) in [5.74, 6) is 5.07. The Labute approximate surface area is 164 Å². The van der Waals surface area contributed by atoms with Gasteiger partial charge in [-0.1, -0.05) is 11.6 Å². The number of hydrogen-bond acceptors (Lipinski definition) is 8. The highest BCUT2D eigenvalue weighted by atomic mass is 35.5. The molecule has 0 aromatic carbocycles. The quantitative estimate of drug-likeness (QED) is 0.325. The highest BCUT2D eigenvalue weighted by Gasteiger charge is 2.28. The molecule has 9 nitrogen and oxygen atoms in total. The molecule has 11 heteroatoms. The number of ether oxygens (including phenoxy) is 1. The number of aromatic nitrogens is 4. The number of rotatable bonds is 6. The van der Waals surface area contributed by atoms with Gasteiger partial charge in [-0.2, -0.15) is 10.2 Å². The Kier molecular flexibility index (Phi) is 5.25. The lowest BCUT2D eigenvalue weighted by Gasteiger charge is -2.22. The number of nitrogens with zero attached hydrogens (tertiary/aromatic N) is 5. The number of aliphatic hydroxyl groups is 1. The average molecular weight is 406 g/mol. The fraction of sp³-hybridized carbons (Fsp3) is 0.235. The van der Waals surface area contributed by atoms with Crippen molar-refractivity contribution in [3.8, 4) is 5.75 Å². The predicted molar refractivity (Wildman–Crippen MR) is 101 cm³/mol. The molecule has 0 aliphatic heterocycles. The van der Waals surface area contributed by atoms with Crippen LogP contribution in [0.5, 0.6) is 5.75 Å². The third-order valence-electron chi connectivity index (χ3n) is 3.90. The van der Waals surface area contributed by atoms with E-state index in [1.54, 1.807) is 19.2 Å². The lowest BCUT2D eigenvalue weighted by Crippen LogP contribution is -2.32. The van der Waals surface area contributed by atoms with Crippen LogP contribution in [0.25, 0.3) is 5.52 Å². The zero-order valence-corrected chi connectivity index (χ0v) is 15.8. The molecule has 0 fully saturated rings. The van der Waals surface area contributed by atoms with Crippen LogP contribution < -0.4 is 10.6 Å². The van der Waals surface area contributed by atoms with E-state index in [0.29, 0.717) is 16.1 Å². The second kappa shape index (κ2) is 7.49. The van der Waals surface area contributed by atoms with Crippen molar-refractivity contribution >= 4 is 28.5 Å². The lowest BCUT2D eigenvalue weighted by atomic mass is 10.1. The minimum Gasteiger partial charge on any atom is -0.488 e. The molecule has 0 radical (unpaired) electrons. The van der Waals surface area contributed by atoms with E-state index in [0.717, 1.165) is 12.4 Å². The maximum Gasteiger partial charge on any atom is 0.163 e. The summed E-state index contributed by atoms with van der Waals surface area (Å²) in [6.07, 6.45) is 4.96. The number of pyridine rings is 1. The summed E-state index contributed by atoms with van der Waals surface area (Å²) in [5.41, 5.74) is -0.268. The number of nitrogens with one attached hydrogen (secondary N) is 1. The first-order valence-corrected chi connectivity index (χ1v) is 8.44. The zero-order chi connectivity index (χ0) is 20.5. The van der Waals surface area contributed by atoms with Crippen molar-refractivity contribution in [3.63, 3.8) is 0 Å². The van der Waals surface area contributed by atoms with Gasteiger partial charge in [-0.05, 0) is 19.9 Å². The van der Waals surface area contributed by atoms with Crippen molar-refractivity contribution in [2.45, 2.75) is 19.4 Å². The summed E-state index contributed by atoms with van der Waals surface area (Å²) in [5, 5.41) is 26.5. The molecule has 0 amide bonds. The van der Waals surface area contributed by atoms with Gasteiger partial charge in [0, 0.05) is 11.8 Å². The SMILES string of the molecule is CC(=N)/C(=N\N)c1cc(OCC(C)(O)c2ncc(F)cn2)c2c(Cl)cnn2c1. The summed E-state index contributed by atoms with van der Waals surface area (Å²) in [7, 11) is 0. The van der Waals surface area contributed by atoms with Gasteiger partial charge in [0.25, 0.3) is 0 Å². The monoisotopic (exact) mass is 405 g/mol. The Morgan fingerprint density at radius 3 is 2.71 bits per heavy atom. The molecule has 3 aromatic heterocycles. The van der Waals surface area contributed by atoms with Gasteiger partial charge in [0.1, 0.15) is 23.6 Å². The lowest BCUT2D eigenvalue weighted by molar-refractivity contribution is 0.000100. The summed E-state index contributed by atoms with van der Waals surface area (Å²) in [6, 6.07) is 1.59. The first kappa shape index (κ1) is 19.6. The molecule has 4 N–H and O–H groups in total. The number of hydrogen-bond donors (Lipinski definition) is 3. The molecule has 0 spiro atoms. The van der Waals surface area contributed by atoms with E-state index in [-0.39, 0.29) is 29.6 Å². The van der Waals surface area contributed by atoms with Crippen LogP contribution in [0.2, 0.25) is 5.02 Å². The van der Waals surface area contributed by atoms with Crippen LogP contribution in [-0.4, -0.2) is 42.7 Å². The summed E-state index contributed by atoms with van der Waals surface area (Å²) in [4.78, 5) is 7.58. The van der Waals surface area contributed by atoms with E-state index in [9.17, 15) is 9.50 Å². The number of nitrogens with two attached hydrogens (primary N) is 1. The molecule has 0 saturated carbocycles. The minimum absolute atomic E-state index is 0.000209. The van der Waals surface area contributed by atoms with Gasteiger partial charge in [0.15, 0.2) is 17.2 Å². The predicted octanol–water partition coefficient (Wildman–Crippen LogP) is 1.91. The van der Waals surface area contributed by atoms with Gasteiger partial charge in [-0.15, -0.1) is 0 Å². The largest absolute Gasteiger partial charge is 0.488 e. The van der Waals surface area contributed by atoms with Gasteiger partial charge in [-0.3, -0.25) is 0 Å². The maximum absolute atomic E-state index is 13.0. The summed E-state index contributed by atoms with van der Waals surface area (Å²) < 4.78 is 20.3. The normalized spacial score (nSPS) is 14.1. The van der Waals surface area contributed by atoms with Gasteiger partial charge in [-0.25, -0.2) is 18.9 Å². The third kappa shape index (κ3) is 3.78. The standard InChI is InChI=1S/C17H17ClFN7O2/c1-9(20)14(25-21)10-3-13(15-12(18)6-24-26(15)7-10)28-8-17(2,27)16-22-4-11(19)5-23-16/h3-7,20,27H,8,21H2,1-2H3/b20-9?,25-14+. The first-order chi connectivity index (χ1) is 13.2. The molecular weight excluding hydrogens is 389 g/mol. The van der Waals surface area contributed by atoms with Gasteiger partial charge < -0.3 is 21.1 Å². The molecule has 3 aromatic rings. The molecule has 3 heterocycles. The van der Waals surface area contributed by atoms with Crippen LogP contribution in [-0.2, 0) is 5.60 Å². The van der Waals surface area contributed by atoms with Crippen LogP contribution in [0.4, 0.5) is 4.39 Å². The number of fused-ring (bicyclic) bond motifs is 1. The van der Waals surface area contributed by atoms with Crippen LogP contribution in [0.15, 0.2) is 36.0 Å². The maximum atomic E-state index is 13.0. The van der Waals surface area contributed by atoms with Gasteiger partial charge >= 0.3 is 0 Å². The van der Waals surface area contributed by atoms with Crippen molar-refractivity contribution in [1.29, 1.82) is 5.41 Å². The number of hydrazone groups is 1. The van der Waals surface area contributed by atoms with E-state index in [1.165, 1.54) is 17.6 Å². The fourth-order valence-corrected chi connectivity index (χ4v) is 2.77. The van der Waals surface area contributed by atoms with Crippen LogP contribution in [0.3, 0.4) is 0 Å². The highest BCUT2D eigenvalue weighted by Crippen LogP contribution is 2.30. The molecule has 146 valence electrons. The smallest absolute Gasteiger partial charge is 0.163 e. The fourth-order valence-electron chi connectivity index (χ4n) is 2.55. The van der Waals surface area contributed by atoms with Gasteiger partial charge in [0.2, 0.25) is 0 Å². The molecule has 0 bridgehead atoms. The minimum atomic E-state index is -1.60. The van der Waals surface area contributed by atoms with Crippen molar-refractivity contribution in [2.75, 3.05) is 6.61 Å². The first-order valence-electron chi connectivity index (χ1n) is 8.07. The van der Waals surface area contributed by atoms with Crippen molar-refractivity contribution in [3.05, 3.63) is 53.1 Å². The summed E-state index contributed by atoms with van der Waals surface area (Å²) in [6.45, 7) is 2.73. The highest BCUT2D eigenvalue weighted by molar-refractivity contribution is 6.46. The Morgan fingerprint density at radius 1 is 1.43 bits per heavy atom. The van der Waals surface area contributed by atoms with Crippen molar-refractivity contribution in [2.24, 2.45) is 10.9 Å². The average Bonchev–Trinajstić information content (AvgIpc) is 3.02. The molecule has 0 aliphatic carbocycles. The van der Waals surface area contributed by atoms with E-state index in [4.69, 9.17) is 27.6 Å². The molecule has 0 aliphatic rings. The van der Waals surface area contributed by atoms with Crippen LogP contribution in [0, 0.1) is 11.2 Å². The third-order valence-corrected chi connectivity index (χ3v) is 4.18. The Hall–Kier alpha value is -3.11. The zero-order valence-electron chi connectivity index (χ0n) is 15.0. The molecule has 1 unspecified atom stereocenters. The Morgan fingerprint density at radius 2 is 2.11 bits per heavy atom. The summed E-state index contributed by atoms with van der Waals surface area (Å²) >= 11 is 6.20. The van der Waals surface area contributed by atoms with Crippen molar-refractivity contribution < 1.29 is 14.2 Å². The molecule has 3 rings (SSSR count). The van der Waals surface area contributed by atoms with Crippen molar-refractivity contribution in [1.82, 2.24) is 19.6 Å². The van der Waals surface area contributed by atoms with E-state index in [2.05, 4.69) is 20.2 Å². The number of halogens is 2. The Balaban J connectivity index is 1.98. The van der Waals surface area contributed by atoms with E-state index < -0.39 is 11.4 Å². The van der Waals surface area contributed by atoms with Gasteiger partial charge in [0.05, 0.1) is 29.3 Å². The van der Waals surface area contributed by atoms with E-state index in [1.807, 2.05) is 0 Å². The van der Waals surface area contributed by atoms with E-state index >= 15 is 0 Å². The second-order valence-electron chi connectivity index (χ2n) is 6.27. The molecule has 0 saturated heterocycles. The topological polar surface area (TPSA) is 135 Å². The molecular formula is C17H17ClFN7O2. The van der Waals surface area contributed by atoms with Crippen LogP contribution >= 0.6 is 11.6 Å². The second-order valence-corrected chi connectivity index (χ2v) is 6.68.